The van der Waals surface area contributed by atoms with E-state index in [1.807, 2.05) is 0 Å². The standard InChI is InChI=1S/C32H41NO6/c1-4-5-6-7-8-9-10-11-12-13-22-33-28(23-14-16-25(17-15-23)32(37)39-3)27(30(35)31(33)36)29(34)24-18-20-26(38-2)21-19-24/h14-21,28,34H,4-13,22H2,1-3H3/b29-27-. The lowest BCUT2D eigenvalue weighted by atomic mass is 9.94. The minimum atomic E-state index is -0.752. The number of likely N-dealkylation sites (tertiary alicyclic amines) is 1. The van der Waals surface area contributed by atoms with Crippen molar-refractivity contribution >= 4 is 23.4 Å². The Morgan fingerprint density at radius 1 is 0.795 bits per heavy atom. The molecule has 1 amide bonds. The number of amides is 1. The van der Waals surface area contributed by atoms with Gasteiger partial charge in [-0.15, -0.1) is 0 Å². The SMILES string of the molecule is CCCCCCCCCCCCN1C(=O)C(=O)/C(=C(\O)c2ccc(OC)cc2)C1c1ccc(C(=O)OC)cc1. The monoisotopic (exact) mass is 535 g/mol. The summed E-state index contributed by atoms with van der Waals surface area (Å²) in [6, 6.07) is 12.6. The number of aliphatic hydroxyl groups excluding tert-OH is 1. The first-order valence-electron chi connectivity index (χ1n) is 14.0. The number of methoxy groups -OCH3 is 2. The molecule has 0 aromatic heterocycles. The van der Waals surface area contributed by atoms with Gasteiger partial charge in [0, 0.05) is 12.1 Å². The van der Waals surface area contributed by atoms with E-state index in [0.29, 0.717) is 29.0 Å². The fraction of sp³-hybridized carbons (Fsp3) is 0.469. The van der Waals surface area contributed by atoms with E-state index in [2.05, 4.69) is 6.92 Å². The molecule has 7 nitrogen and oxygen atoms in total. The molecule has 1 N–H and O–H groups in total. The Bertz CT molecular complexity index is 1140. The maximum Gasteiger partial charge on any atom is 0.337 e. The zero-order valence-electron chi connectivity index (χ0n) is 23.4. The number of nitrogens with zero attached hydrogens (tertiary/aromatic N) is 1. The van der Waals surface area contributed by atoms with E-state index in [-0.39, 0.29) is 11.3 Å². The molecule has 210 valence electrons. The number of Topliss-reactive ketones (excluding diaryl/α,β-unsaturated/α-hetero) is 1. The van der Waals surface area contributed by atoms with Crippen molar-refractivity contribution in [1.82, 2.24) is 4.90 Å². The summed E-state index contributed by atoms with van der Waals surface area (Å²) in [4.78, 5) is 39.9. The van der Waals surface area contributed by atoms with Crippen LogP contribution in [0.1, 0.15) is 98.7 Å². The molecule has 7 heteroatoms. The van der Waals surface area contributed by atoms with Gasteiger partial charge in [0.1, 0.15) is 11.5 Å². The maximum atomic E-state index is 13.2. The second-order valence-corrected chi connectivity index (χ2v) is 10.0. The Morgan fingerprint density at radius 2 is 1.33 bits per heavy atom. The summed E-state index contributed by atoms with van der Waals surface area (Å²) in [5.41, 5.74) is 1.47. The van der Waals surface area contributed by atoms with Crippen LogP contribution in [0.2, 0.25) is 0 Å². The highest BCUT2D eigenvalue weighted by Gasteiger charge is 2.45. The zero-order valence-corrected chi connectivity index (χ0v) is 23.4. The second kappa shape index (κ2) is 15.1. The van der Waals surface area contributed by atoms with Crippen LogP contribution in [0.4, 0.5) is 0 Å². The number of rotatable bonds is 15. The predicted molar refractivity (Wildman–Crippen MR) is 152 cm³/mol. The van der Waals surface area contributed by atoms with Crippen LogP contribution in [-0.2, 0) is 14.3 Å². The molecule has 1 aliphatic rings. The van der Waals surface area contributed by atoms with Gasteiger partial charge in [0.25, 0.3) is 11.7 Å². The maximum absolute atomic E-state index is 13.2. The molecular formula is C32H41NO6. The molecule has 1 unspecified atom stereocenters. The summed E-state index contributed by atoms with van der Waals surface area (Å²) >= 11 is 0. The third-order valence-electron chi connectivity index (χ3n) is 7.30. The van der Waals surface area contributed by atoms with Crippen molar-refractivity contribution in [3.8, 4) is 5.75 Å². The number of hydrogen-bond donors (Lipinski definition) is 1. The quantitative estimate of drug-likeness (QED) is 0.0884. The largest absolute Gasteiger partial charge is 0.507 e. The van der Waals surface area contributed by atoms with Gasteiger partial charge in [0.2, 0.25) is 0 Å². The number of benzene rings is 2. The van der Waals surface area contributed by atoms with Gasteiger partial charge in [0.05, 0.1) is 31.4 Å². The molecule has 1 aliphatic heterocycles. The van der Waals surface area contributed by atoms with Crippen molar-refractivity contribution in [3.63, 3.8) is 0 Å². The molecular weight excluding hydrogens is 494 g/mol. The normalized spacial score (nSPS) is 16.5. The van der Waals surface area contributed by atoms with Crippen molar-refractivity contribution < 1.29 is 29.0 Å². The molecule has 0 spiro atoms. The van der Waals surface area contributed by atoms with Crippen molar-refractivity contribution in [2.75, 3.05) is 20.8 Å². The minimum absolute atomic E-state index is 0.0445. The first-order chi connectivity index (χ1) is 18.9. The van der Waals surface area contributed by atoms with Crippen molar-refractivity contribution in [1.29, 1.82) is 0 Å². The second-order valence-electron chi connectivity index (χ2n) is 10.0. The summed E-state index contributed by atoms with van der Waals surface area (Å²) < 4.78 is 9.99. The molecule has 3 rings (SSSR count). The van der Waals surface area contributed by atoms with Crippen LogP contribution in [0.3, 0.4) is 0 Å². The van der Waals surface area contributed by atoms with Crippen LogP contribution < -0.4 is 4.74 Å². The highest BCUT2D eigenvalue weighted by molar-refractivity contribution is 6.46. The Labute approximate surface area is 231 Å². The topological polar surface area (TPSA) is 93.1 Å². The first-order valence-corrected chi connectivity index (χ1v) is 14.0. The Balaban J connectivity index is 1.78. The number of ether oxygens (including phenoxy) is 2. The molecule has 1 heterocycles. The van der Waals surface area contributed by atoms with Gasteiger partial charge in [-0.25, -0.2) is 4.79 Å². The highest BCUT2D eigenvalue weighted by atomic mass is 16.5. The van der Waals surface area contributed by atoms with E-state index in [4.69, 9.17) is 9.47 Å². The third-order valence-corrected chi connectivity index (χ3v) is 7.30. The van der Waals surface area contributed by atoms with Crippen LogP contribution in [-0.4, -0.2) is 48.4 Å². The Morgan fingerprint density at radius 3 is 1.87 bits per heavy atom. The van der Waals surface area contributed by atoms with Gasteiger partial charge in [-0.05, 0) is 48.4 Å². The van der Waals surface area contributed by atoms with Crippen LogP contribution in [0.5, 0.6) is 5.75 Å². The summed E-state index contributed by atoms with van der Waals surface area (Å²) in [6.07, 6.45) is 11.6. The fourth-order valence-electron chi connectivity index (χ4n) is 5.05. The highest BCUT2D eigenvalue weighted by Crippen LogP contribution is 2.40. The number of esters is 1. The number of carbonyl (C=O) groups is 3. The molecule has 1 saturated heterocycles. The molecule has 2 aromatic rings. The average Bonchev–Trinajstić information content (AvgIpc) is 3.22. The zero-order chi connectivity index (χ0) is 28.2. The Hall–Kier alpha value is -3.61. The van der Waals surface area contributed by atoms with E-state index >= 15 is 0 Å². The molecule has 1 fully saturated rings. The van der Waals surface area contributed by atoms with Crippen molar-refractivity contribution in [3.05, 3.63) is 70.8 Å². The first kappa shape index (κ1) is 29.9. The number of ketones is 1. The minimum Gasteiger partial charge on any atom is -0.507 e. The summed E-state index contributed by atoms with van der Waals surface area (Å²) in [5, 5.41) is 11.2. The van der Waals surface area contributed by atoms with Gasteiger partial charge in [0.15, 0.2) is 0 Å². The lowest BCUT2D eigenvalue weighted by Gasteiger charge is -2.25. The van der Waals surface area contributed by atoms with E-state index in [0.717, 1.165) is 19.3 Å². The lowest BCUT2D eigenvalue weighted by Crippen LogP contribution is -2.30. The van der Waals surface area contributed by atoms with Crippen LogP contribution >= 0.6 is 0 Å². The van der Waals surface area contributed by atoms with Crippen molar-refractivity contribution in [2.24, 2.45) is 0 Å². The molecule has 0 bridgehead atoms. The molecule has 0 radical (unpaired) electrons. The fourth-order valence-corrected chi connectivity index (χ4v) is 5.05. The summed E-state index contributed by atoms with van der Waals surface area (Å²) in [5.74, 6) is -1.42. The van der Waals surface area contributed by atoms with Gasteiger partial charge in [-0.3, -0.25) is 9.59 Å². The smallest absolute Gasteiger partial charge is 0.337 e. The number of unbranched alkanes of at least 4 members (excludes halogenated alkanes) is 9. The van der Waals surface area contributed by atoms with Crippen molar-refractivity contribution in [2.45, 2.75) is 77.2 Å². The van der Waals surface area contributed by atoms with E-state index in [9.17, 15) is 19.5 Å². The predicted octanol–water partition coefficient (Wildman–Crippen LogP) is 6.82. The van der Waals surface area contributed by atoms with E-state index in [1.54, 1.807) is 60.5 Å². The molecule has 0 saturated carbocycles. The molecule has 0 aliphatic carbocycles. The number of hydrogen-bond acceptors (Lipinski definition) is 6. The van der Waals surface area contributed by atoms with Gasteiger partial charge in [-0.2, -0.15) is 0 Å². The van der Waals surface area contributed by atoms with Crippen LogP contribution in [0.15, 0.2) is 54.1 Å². The summed E-state index contributed by atoms with van der Waals surface area (Å²) in [6.45, 7) is 2.63. The third kappa shape index (κ3) is 7.71. The summed E-state index contributed by atoms with van der Waals surface area (Å²) in [7, 11) is 2.86. The molecule has 1 atom stereocenters. The molecule has 2 aromatic carbocycles. The van der Waals surface area contributed by atoms with Crippen LogP contribution in [0.25, 0.3) is 5.76 Å². The van der Waals surface area contributed by atoms with Crippen LogP contribution in [0, 0.1) is 0 Å². The van der Waals surface area contributed by atoms with Gasteiger partial charge < -0.3 is 19.5 Å². The Kier molecular flexibility index (Phi) is 11.6. The molecule has 39 heavy (non-hydrogen) atoms. The lowest BCUT2D eigenvalue weighted by molar-refractivity contribution is -0.139. The van der Waals surface area contributed by atoms with E-state index in [1.165, 1.54) is 52.1 Å². The van der Waals surface area contributed by atoms with Gasteiger partial charge >= 0.3 is 5.97 Å². The average molecular weight is 536 g/mol. The van der Waals surface area contributed by atoms with Gasteiger partial charge in [-0.1, -0.05) is 76.8 Å². The van der Waals surface area contributed by atoms with E-state index < -0.39 is 23.7 Å². The number of aliphatic hydroxyl groups is 1. The number of carbonyl (C=O) groups excluding carboxylic acids is 3.